The summed E-state index contributed by atoms with van der Waals surface area (Å²) in [5, 5.41) is 10.4. The summed E-state index contributed by atoms with van der Waals surface area (Å²) in [5.41, 5.74) is 3.07. The van der Waals surface area contributed by atoms with Crippen LogP contribution in [0.3, 0.4) is 0 Å². The van der Waals surface area contributed by atoms with Crippen molar-refractivity contribution in [1.29, 1.82) is 0 Å². The predicted octanol–water partition coefficient (Wildman–Crippen LogP) is 3.44. The van der Waals surface area contributed by atoms with E-state index in [1.807, 2.05) is 18.2 Å². The van der Waals surface area contributed by atoms with Crippen LogP contribution < -0.4 is 14.8 Å². The van der Waals surface area contributed by atoms with Crippen LogP contribution in [0.5, 0.6) is 11.5 Å². The van der Waals surface area contributed by atoms with Crippen molar-refractivity contribution in [2.75, 3.05) is 11.9 Å². The number of anilines is 1. The van der Waals surface area contributed by atoms with Gasteiger partial charge in [-0.1, -0.05) is 17.2 Å². The third-order valence-corrected chi connectivity index (χ3v) is 4.83. The molecule has 0 radical (unpaired) electrons. The molecule has 134 valence electrons. The number of benzene rings is 2. The Morgan fingerprint density at radius 3 is 2.96 bits per heavy atom. The van der Waals surface area contributed by atoms with Crippen molar-refractivity contribution in [3.63, 3.8) is 0 Å². The molecular weight excluding hydrogens is 368 g/mol. The fourth-order valence-electron chi connectivity index (χ4n) is 2.72. The van der Waals surface area contributed by atoms with E-state index in [0.29, 0.717) is 17.1 Å². The molecule has 0 saturated carbocycles. The first-order valence-electron chi connectivity index (χ1n) is 8.13. The molecule has 1 N–H and O–H groups in total. The average molecular weight is 380 g/mol. The van der Waals surface area contributed by atoms with Gasteiger partial charge in [0.2, 0.25) is 6.10 Å². The highest BCUT2D eigenvalue weighted by Crippen LogP contribution is 2.35. The minimum atomic E-state index is -0.536. The van der Waals surface area contributed by atoms with E-state index in [-0.39, 0.29) is 24.4 Å². The number of fused-ring (bicyclic) bond motifs is 2. The number of para-hydroxylation sites is 2. The van der Waals surface area contributed by atoms with Crippen LogP contribution in [0.25, 0.3) is 10.2 Å². The van der Waals surface area contributed by atoms with Crippen LogP contribution in [0.1, 0.15) is 22.4 Å². The van der Waals surface area contributed by atoms with Crippen LogP contribution in [0.15, 0.2) is 52.4 Å². The number of ether oxygens (including phenoxy) is 2. The minimum Gasteiger partial charge on any atom is -0.485 e. The van der Waals surface area contributed by atoms with Crippen LogP contribution in [-0.4, -0.2) is 27.7 Å². The van der Waals surface area contributed by atoms with E-state index in [4.69, 9.17) is 13.9 Å². The third-order valence-electron chi connectivity index (χ3n) is 4.04. The van der Waals surface area contributed by atoms with E-state index in [1.54, 1.807) is 29.8 Å². The zero-order valence-corrected chi connectivity index (χ0v) is 14.6. The molecule has 5 rings (SSSR count). The Morgan fingerprint density at radius 1 is 1.15 bits per heavy atom. The molecular formula is C18H12N4O4S. The maximum atomic E-state index is 12.4. The molecule has 0 fully saturated rings. The normalized spacial score (nSPS) is 15.6. The Hall–Kier alpha value is -3.46. The summed E-state index contributed by atoms with van der Waals surface area (Å²) in [6, 6.07) is 12.6. The number of carbonyl (C=O) groups is 1. The molecule has 1 aliphatic rings. The Kier molecular flexibility index (Phi) is 3.72. The first-order valence-corrected chi connectivity index (χ1v) is 9.01. The quantitative estimate of drug-likeness (QED) is 0.581. The summed E-state index contributed by atoms with van der Waals surface area (Å²) in [5.74, 6) is 1.17. The Labute approximate surface area is 156 Å². The van der Waals surface area contributed by atoms with Gasteiger partial charge in [0, 0.05) is 5.56 Å². The number of aromatic nitrogens is 3. The molecule has 1 unspecified atom stereocenters. The second-order valence-corrected chi connectivity index (χ2v) is 6.69. The Morgan fingerprint density at radius 2 is 2.04 bits per heavy atom. The number of carbonyl (C=O) groups excluding carboxylic acids is 1. The van der Waals surface area contributed by atoms with E-state index < -0.39 is 6.10 Å². The molecule has 0 bridgehead atoms. The highest BCUT2D eigenvalue weighted by Gasteiger charge is 2.27. The van der Waals surface area contributed by atoms with Gasteiger partial charge in [-0.15, -0.1) is 16.4 Å². The molecule has 0 spiro atoms. The number of rotatable bonds is 3. The van der Waals surface area contributed by atoms with Gasteiger partial charge in [-0.05, 0) is 30.3 Å². The lowest BCUT2D eigenvalue weighted by molar-refractivity contribution is 0.0716. The molecule has 1 aliphatic heterocycles. The van der Waals surface area contributed by atoms with E-state index in [0.717, 1.165) is 10.2 Å². The lowest BCUT2D eigenvalue weighted by Gasteiger charge is -2.23. The van der Waals surface area contributed by atoms with Crippen LogP contribution in [0.2, 0.25) is 0 Å². The largest absolute Gasteiger partial charge is 0.485 e. The van der Waals surface area contributed by atoms with Crippen LogP contribution in [-0.2, 0) is 0 Å². The Balaban J connectivity index is 1.31. The standard InChI is InChI=1S/C18H12N4O4S/c23-16(10-5-6-11-15(7-10)27-9-19-11)20-18-22-21-17(26-18)14-8-24-12-3-1-2-4-13(12)25-14/h1-7,9,14H,8H2,(H,20,22,23). The zero-order chi connectivity index (χ0) is 18.2. The monoisotopic (exact) mass is 380 g/mol. The number of nitrogens with one attached hydrogen (secondary N) is 1. The molecule has 4 aromatic rings. The Bertz CT molecular complexity index is 1140. The lowest BCUT2D eigenvalue weighted by Crippen LogP contribution is -2.21. The summed E-state index contributed by atoms with van der Waals surface area (Å²) in [7, 11) is 0. The molecule has 0 saturated heterocycles. The zero-order valence-electron chi connectivity index (χ0n) is 13.8. The maximum absolute atomic E-state index is 12.4. The SMILES string of the molecule is O=C(Nc1nnc(C2COc3ccccc3O2)o1)c1ccc2ncsc2c1. The highest BCUT2D eigenvalue weighted by atomic mass is 32.1. The summed E-state index contributed by atoms with van der Waals surface area (Å²) in [6.07, 6.45) is -0.536. The molecule has 1 amide bonds. The number of thiazole rings is 1. The second kappa shape index (κ2) is 6.36. The fourth-order valence-corrected chi connectivity index (χ4v) is 3.44. The van der Waals surface area contributed by atoms with Gasteiger partial charge in [-0.2, -0.15) is 0 Å². The van der Waals surface area contributed by atoms with Gasteiger partial charge in [0.15, 0.2) is 11.5 Å². The van der Waals surface area contributed by atoms with Crippen molar-refractivity contribution in [3.05, 3.63) is 59.4 Å². The van der Waals surface area contributed by atoms with Gasteiger partial charge in [0.25, 0.3) is 11.8 Å². The van der Waals surface area contributed by atoms with Gasteiger partial charge in [-0.3, -0.25) is 10.1 Å². The topological polar surface area (TPSA) is 99.4 Å². The van der Waals surface area contributed by atoms with Crippen molar-refractivity contribution >= 4 is 33.5 Å². The van der Waals surface area contributed by atoms with Crippen LogP contribution >= 0.6 is 11.3 Å². The van der Waals surface area contributed by atoms with Gasteiger partial charge < -0.3 is 13.9 Å². The summed E-state index contributed by atoms with van der Waals surface area (Å²) in [4.78, 5) is 16.6. The predicted molar refractivity (Wildman–Crippen MR) is 97.2 cm³/mol. The highest BCUT2D eigenvalue weighted by molar-refractivity contribution is 7.16. The lowest BCUT2D eigenvalue weighted by atomic mass is 10.2. The first kappa shape index (κ1) is 15.8. The molecule has 27 heavy (non-hydrogen) atoms. The summed E-state index contributed by atoms with van der Waals surface area (Å²) in [6.45, 7) is 0.245. The number of amides is 1. The number of nitrogens with zero attached hydrogens (tertiary/aromatic N) is 3. The van der Waals surface area contributed by atoms with Crippen molar-refractivity contribution in [2.45, 2.75) is 6.10 Å². The molecule has 1 atom stereocenters. The van der Waals surface area contributed by atoms with Crippen LogP contribution in [0.4, 0.5) is 6.01 Å². The average Bonchev–Trinajstić information content (AvgIpc) is 3.36. The van der Waals surface area contributed by atoms with Gasteiger partial charge in [0.05, 0.1) is 15.7 Å². The van der Waals surface area contributed by atoms with E-state index in [2.05, 4.69) is 20.5 Å². The molecule has 9 heteroatoms. The van der Waals surface area contributed by atoms with Crippen molar-refractivity contribution in [3.8, 4) is 11.5 Å². The molecule has 2 aromatic heterocycles. The van der Waals surface area contributed by atoms with Crippen molar-refractivity contribution in [1.82, 2.24) is 15.2 Å². The molecule has 8 nitrogen and oxygen atoms in total. The first-order chi connectivity index (χ1) is 13.3. The summed E-state index contributed by atoms with van der Waals surface area (Å²) < 4.78 is 17.9. The maximum Gasteiger partial charge on any atom is 0.322 e. The van der Waals surface area contributed by atoms with E-state index in [9.17, 15) is 4.79 Å². The smallest absolute Gasteiger partial charge is 0.322 e. The second-order valence-electron chi connectivity index (χ2n) is 5.80. The van der Waals surface area contributed by atoms with E-state index >= 15 is 0 Å². The minimum absolute atomic E-state index is 0.00172. The summed E-state index contributed by atoms with van der Waals surface area (Å²) >= 11 is 1.47. The molecule has 3 heterocycles. The fraction of sp³-hybridized carbons (Fsp3) is 0.111. The van der Waals surface area contributed by atoms with Crippen LogP contribution in [0, 0.1) is 0 Å². The van der Waals surface area contributed by atoms with Crippen molar-refractivity contribution in [2.24, 2.45) is 0 Å². The molecule has 0 aliphatic carbocycles. The van der Waals surface area contributed by atoms with Crippen molar-refractivity contribution < 1.29 is 18.7 Å². The van der Waals surface area contributed by atoms with Gasteiger partial charge >= 0.3 is 6.01 Å². The van der Waals surface area contributed by atoms with Gasteiger partial charge in [0.1, 0.15) is 6.61 Å². The van der Waals surface area contributed by atoms with E-state index in [1.165, 1.54) is 11.3 Å². The number of hydrogen-bond acceptors (Lipinski definition) is 8. The third kappa shape index (κ3) is 2.97. The van der Waals surface area contributed by atoms with Gasteiger partial charge in [-0.25, -0.2) is 4.98 Å². The number of hydrogen-bond donors (Lipinski definition) is 1. The molecule has 2 aromatic carbocycles.